The van der Waals surface area contributed by atoms with E-state index in [1.54, 1.807) is 24.3 Å². The number of aromatic nitrogens is 2. The molecule has 1 fully saturated rings. The number of urea groups is 1. The van der Waals surface area contributed by atoms with E-state index < -0.39 is 6.03 Å². The van der Waals surface area contributed by atoms with E-state index in [1.165, 1.54) is 0 Å². The Morgan fingerprint density at radius 2 is 2.03 bits per heavy atom. The summed E-state index contributed by atoms with van der Waals surface area (Å²) in [5.41, 5.74) is 13.0. The van der Waals surface area contributed by atoms with Crippen molar-refractivity contribution in [3.05, 3.63) is 42.2 Å². The van der Waals surface area contributed by atoms with Crippen LogP contribution in [-0.2, 0) is 11.3 Å². The standard InChI is InChI=1S/C19H24N8O2/c1-27-11-15(5-6-16(27)28)25-18-22-9-14(10-23-18)13-4-2-3-12(7-13)8-24-19(29)26-17(20)21/h2-4,7,9-10,15H,5-6,8,11H2,1H3,(H,22,23,25)(H5,20,21,24,26,29). The summed E-state index contributed by atoms with van der Waals surface area (Å²) >= 11 is 0. The number of nitrogens with one attached hydrogen (secondary N) is 2. The Morgan fingerprint density at radius 3 is 2.72 bits per heavy atom. The maximum atomic E-state index is 11.6. The number of hydrogen-bond acceptors (Lipinski definition) is 5. The molecule has 0 aliphatic carbocycles. The molecular weight excluding hydrogens is 372 g/mol. The summed E-state index contributed by atoms with van der Waals surface area (Å²) in [6, 6.07) is 7.19. The van der Waals surface area contributed by atoms with Crippen LogP contribution in [0.1, 0.15) is 18.4 Å². The van der Waals surface area contributed by atoms with Crippen molar-refractivity contribution in [2.45, 2.75) is 25.4 Å². The molecule has 3 rings (SSSR count). The second-order valence-corrected chi connectivity index (χ2v) is 6.85. The predicted molar refractivity (Wildman–Crippen MR) is 110 cm³/mol. The van der Waals surface area contributed by atoms with E-state index in [9.17, 15) is 9.59 Å². The van der Waals surface area contributed by atoms with Gasteiger partial charge in [-0.15, -0.1) is 0 Å². The lowest BCUT2D eigenvalue weighted by Gasteiger charge is -2.30. The fourth-order valence-electron chi connectivity index (χ4n) is 3.06. The highest BCUT2D eigenvalue weighted by Gasteiger charge is 2.23. The van der Waals surface area contributed by atoms with Gasteiger partial charge >= 0.3 is 6.03 Å². The van der Waals surface area contributed by atoms with Crippen LogP contribution >= 0.6 is 0 Å². The Labute approximate surface area is 168 Å². The van der Waals surface area contributed by atoms with Gasteiger partial charge in [0.2, 0.25) is 11.9 Å². The highest BCUT2D eigenvalue weighted by Crippen LogP contribution is 2.20. The van der Waals surface area contributed by atoms with Gasteiger partial charge in [0.05, 0.1) is 0 Å². The van der Waals surface area contributed by atoms with E-state index >= 15 is 0 Å². The molecular formula is C19H24N8O2. The van der Waals surface area contributed by atoms with Gasteiger partial charge in [-0.25, -0.2) is 14.8 Å². The number of nitrogens with zero attached hydrogens (tertiary/aromatic N) is 4. The lowest BCUT2D eigenvalue weighted by molar-refractivity contribution is -0.132. The van der Waals surface area contributed by atoms with Crippen molar-refractivity contribution in [2.75, 3.05) is 18.9 Å². The second-order valence-electron chi connectivity index (χ2n) is 6.85. The van der Waals surface area contributed by atoms with Crippen LogP contribution in [0.2, 0.25) is 0 Å². The monoisotopic (exact) mass is 396 g/mol. The summed E-state index contributed by atoms with van der Waals surface area (Å²) in [6.07, 6.45) is 4.77. The van der Waals surface area contributed by atoms with Gasteiger partial charge in [0.25, 0.3) is 0 Å². The number of carbonyl (C=O) groups excluding carboxylic acids is 2. The Bertz CT molecular complexity index is 909. The van der Waals surface area contributed by atoms with Crippen molar-refractivity contribution in [1.29, 1.82) is 0 Å². The number of carbonyl (C=O) groups is 2. The molecule has 2 heterocycles. The molecule has 0 saturated carbocycles. The number of guanidine groups is 1. The molecule has 0 bridgehead atoms. The molecule has 1 aromatic heterocycles. The Balaban J connectivity index is 1.61. The average Bonchev–Trinajstić information content (AvgIpc) is 2.69. The van der Waals surface area contributed by atoms with Crippen LogP contribution in [0, 0.1) is 0 Å². The van der Waals surface area contributed by atoms with Crippen molar-refractivity contribution < 1.29 is 9.59 Å². The number of rotatable bonds is 5. The molecule has 1 aliphatic heterocycles. The summed E-state index contributed by atoms with van der Waals surface area (Å²) in [5.74, 6) is 0.407. The van der Waals surface area contributed by atoms with E-state index in [0.717, 1.165) is 23.1 Å². The number of anilines is 1. The summed E-state index contributed by atoms with van der Waals surface area (Å²) < 4.78 is 0. The Morgan fingerprint density at radius 1 is 1.28 bits per heavy atom. The topological polar surface area (TPSA) is 152 Å². The van der Waals surface area contributed by atoms with E-state index in [1.807, 2.05) is 24.3 Å². The molecule has 1 saturated heterocycles. The predicted octanol–water partition coefficient (Wildman–Crippen LogP) is 0.659. The molecule has 152 valence electrons. The van der Waals surface area contributed by atoms with Crippen LogP contribution in [0.3, 0.4) is 0 Å². The first-order chi connectivity index (χ1) is 13.9. The second kappa shape index (κ2) is 9.00. The fourth-order valence-corrected chi connectivity index (χ4v) is 3.06. The van der Waals surface area contributed by atoms with Crippen molar-refractivity contribution in [3.63, 3.8) is 0 Å². The molecule has 1 aliphatic rings. The number of likely N-dealkylation sites (tertiary alicyclic amines) is 1. The molecule has 3 amide bonds. The van der Waals surface area contributed by atoms with E-state index in [2.05, 4.69) is 25.6 Å². The summed E-state index contributed by atoms with van der Waals surface area (Å²) in [6.45, 7) is 0.926. The third-order valence-electron chi connectivity index (χ3n) is 4.55. The number of nitrogens with two attached hydrogens (primary N) is 2. The first-order valence-corrected chi connectivity index (χ1v) is 9.20. The van der Waals surface area contributed by atoms with Crippen LogP contribution in [0.5, 0.6) is 0 Å². The SMILES string of the molecule is CN1CC(Nc2ncc(-c3cccc(CNC(=O)N=C(N)N)c3)cn2)CCC1=O. The molecule has 10 heteroatoms. The number of amides is 3. The van der Waals surface area contributed by atoms with Crippen LogP contribution in [-0.4, -0.2) is 52.4 Å². The minimum Gasteiger partial charge on any atom is -0.370 e. The third kappa shape index (κ3) is 5.64. The molecule has 0 radical (unpaired) electrons. The number of likely N-dealkylation sites (N-methyl/N-ethyl adjacent to an activating group) is 1. The van der Waals surface area contributed by atoms with Gasteiger partial charge < -0.3 is 27.0 Å². The number of benzene rings is 1. The van der Waals surface area contributed by atoms with Crippen molar-refractivity contribution >= 4 is 23.8 Å². The lowest BCUT2D eigenvalue weighted by atomic mass is 10.1. The van der Waals surface area contributed by atoms with E-state index in [-0.39, 0.29) is 24.5 Å². The van der Waals surface area contributed by atoms with Crippen LogP contribution in [0.25, 0.3) is 11.1 Å². The van der Waals surface area contributed by atoms with Crippen LogP contribution in [0.15, 0.2) is 41.7 Å². The molecule has 6 N–H and O–H groups in total. The largest absolute Gasteiger partial charge is 0.370 e. The van der Waals surface area contributed by atoms with Gasteiger partial charge in [0.1, 0.15) is 0 Å². The quantitative estimate of drug-likeness (QED) is 0.428. The first-order valence-electron chi connectivity index (χ1n) is 9.20. The smallest absolute Gasteiger partial charge is 0.344 e. The first kappa shape index (κ1) is 20.1. The highest BCUT2D eigenvalue weighted by atomic mass is 16.2. The lowest BCUT2D eigenvalue weighted by Crippen LogP contribution is -2.43. The zero-order valence-electron chi connectivity index (χ0n) is 16.1. The van der Waals surface area contributed by atoms with Gasteiger partial charge in [-0.3, -0.25) is 4.79 Å². The minimum absolute atomic E-state index is 0.140. The van der Waals surface area contributed by atoms with Crippen molar-refractivity contribution in [3.8, 4) is 11.1 Å². The fraction of sp³-hybridized carbons (Fsp3) is 0.316. The summed E-state index contributed by atoms with van der Waals surface area (Å²) in [5, 5.41) is 5.89. The molecule has 2 aromatic rings. The molecule has 0 spiro atoms. The van der Waals surface area contributed by atoms with Crippen LogP contribution < -0.4 is 22.1 Å². The molecule has 1 aromatic carbocycles. The molecule has 1 unspecified atom stereocenters. The van der Waals surface area contributed by atoms with Crippen molar-refractivity contribution in [2.24, 2.45) is 16.5 Å². The molecule has 1 atom stereocenters. The summed E-state index contributed by atoms with van der Waals surface area (Å²) in [4.78, 5) is 37.0. The molecule has 10 nitrogen and oxygen atoms in total. The average molecular weight is 396 g/mol. The van der Waals surface area contributed by atoms with Gasteiger partial charge in [0, 0.05) is 50.6 Å². The Hall–Kier alpha value is -3.69. The number of piperidine rings is 1. The molecule has 29 heavy (non-hydrogen) atoms. The number of aliphatic imine (C=N–C) groups is 1. The zero-order chi connectivity index (χ0) is 20.8. The zero-order valence-corrected chi connectivity index (χ0v) is 16.1. The minimum atomic E-state index is -0.593. The maximum Gasteiger partial charge on any atom is 0.344 e. The van der Waals surface area contributed by atoms with Gasteiger partial charge in [0.15, 0.2) is 5.96 Å². The Kier molecular flexibility index (Phi) is 6.22. The normalized spacial score (nSPS) is 16.2. The number of hydrogen-bond donors (Lipinski definition) is 4. The van der Waals surface area contributed by atoms with Gasteiger partial charge in [-0.1, -0.05) is 18.2 Å². The van der Waals surface area contributed by atoms with Crippen LogP contribution in [0.4, 0.5) is 10.7 Å². The van der Waals surface area contributed by atoms with E-state index in [0.29, 0.717) is 18.9 Å². The third-order valence-corrected chi connectivity index (χ3v) is 4.55. The summed E-state index contributed by atoms with van der Waals surface area (Å²) in [7, 11) is 1.80. The van der Waals surface area contributed by atoms with Crippen molar-refractivity contribution in [1.82, 2.24) is 20.2 Å². The highest BCUT2D eigenvalue weighted by molar-refractivity contribution is 5.90. The van der Waals surface area contributed by atoms with E-state index in [4.69, 9.17) is 11.5 Å². The van der Waals surface area contributed by atoms with Gasteiger partial charge in [-0.2, -0.15) is 4.99 Å². The maximum absolute atomic E-state index is 11.6. The van der Waals surface area contributed by atoms with Gasteiger partial charge in [-0.05, 0) is 23.6 Å².